The molecule has 0 N–H and O–H groups in total. The maximum Gasteiger partial charge on any atom is 0.348 e. The lowest BCUT2D eigenvalue weighted by Gasteiger charge is -2.17. The molecule has 6 heteroatoms. The number of benzene rings is 1. The van der Waals surface area contributed by atoms with Crippen LogP contribution in [0.25, 0.3) is 0 Å². The Kier molecular flexibility index (Phi) is 4.90. The molecule has 1 aromatic carbocycles. The summed E-state index contributed by atoms with van der Waals surface area (Å²) in [5, 5.41) is 0.768. The Hall–Kier alpha value is -1.66. The van der Waals surface area contributed by atoms with E-state index >= 15 is 0 Å². The molecular weight excluding hydrogens is 339 g/mol. The van der Waals surface area contributed by atoms with Crippen molar-refractivity contribution in [1.29, 1.82) is 0 Å². The number of thioether (sulfide) groups is 1. The number of aromatic nitrogens is 2. The van der Waals surface area contributed by atoms with Crippen LogP contribution in [0.15, 0.2) is 34.1 Å². The van der Waals surface area contributed by atoms with Crippen LogP contribution >= 0.6 is 11.8 Å². The Morgan fingerprint density at radius 2 is 2.16 bits per heavy atom. The molecule has 2 aromatic rings. The van der Waals surface area contributed by atoms with Crippen molar-refractivity contribution in [3.05, 3.63) is 57.4 Å². The molecule has 1 aliphatic heterocycles. The maximum absolute atomic E-state index is 13.8. The standard InChI is InChI=1S/C19H21FN2O2S/c20-16-8-2-1-5-13(16)12-25-18-15-7-3-9-17(15)22(19(23)21-18)11-14-6-4-10-24-14/h1-2,5,8,14H,3-4,6-7,9-12H2. The first-order chi connectivity index (χ1) is 12.2. The van der Waals surface area contributed by atoms with Crippen LogP contribution in [-0.2, 0) is 29.9 Å². The normalized spacial score (nSPS) is 19.3. The van der Waals surface area contributed by atoms with Gasteiger partial charge in [0, 0.05) is 23.6 Å². The molecule has 0 radical (unpaired) electrons. The highest BCUT2D eigenvalue weighted by Gasteiger charge is 2.25. The minimum absolute atomic E-state index is 0.126. The highest BCUT2D eigenvalue weighted by atomic mass is 32.2. The Balaban J connectivity index is 1.59. The zero-order chi connectivity index (χ0) is 17.2. The summed E-state index contributed by atoms with van der Waals surface area (Å²) in [4.78, 5) is 16.9. The molecule has 0 spiro atoms. The average Bonchev–Trinajstić information content (AvgIpc) is 3.28. The van der Waals surface area contributed by atoms with E-state index < -0.39 is 0 Å². The van der Waals surface area contributed by atoms with E-state index in [1.54, 1.807) is 12.1 Å². The Morgan fingerprint density at radius 1 is 1.28 bits per heavy atom. The van der Waals surface area contributed by atoms with Gasteiger partial charge in [-0.05, 0) is 43.7 Å². The predicted octanol–water partition coefficient (Wildman–Crippen LogP) is 3.34. The van der Waals surface area contributed by atoms with Gasteiger partial charge in [-0.1, -0.05) is 18.2 Å². The third kappa shape index (κ3) is 3.51. The van der Waals surface area contributed by atoms with E-state index in [-0.39, 0.29) is 17.6 Å². The van der Waals surface area contributed by atoms with Crippen LogP contribution in [0, 0.1) is 5.82 Å². The monoisotopic (exact) mass is 360 g/mol. The highest BCUT2D eigenvalue weighted by Crippen LogP contribution is 2.31. The number of hydrogen-bond acceptors (Lipinski definition) is 4. The van der Waals surface area contributed by atoms with Gasteiger partial charge in [-0.25, -0.2) is 9.18 Å². The fourth-order valence-corrected chi connectivity index (χ4v) is 4.71. The second-order valence-corrected chi connectivity index (χ2v) is 7.57. The summed E-state index contributed by atoms with van der Waals surface area (Å²) in [6.07, 6.45) is 5.08. The predicted molar refractivity (Wildman–Crippen MR) is 95.5 cm³/mol. The molecule has 1 aliphatic carbocycles. The largest absolute Gasteiger partial charge is 0.376 e. The van der Waals surface area contributed by atoms with Crippen molar-refractivity contribution >= 4 is 11.8 Å². The third-order valence-corrected chi connectivity index (χ3v) is 6.00. The minimum Gasteiger partial charge on any atom is -0.376 e. The number of hydrogen-bond donors (Lipinski definition) is 0. The van der Waals surface area contributed by atoms with E-state index in [1.807, 2.05) is 10.6 Å². The van der Waals surface area contributed by atoms with Gasteiger partial charge in [0.25, 0.3) is 0 Å². The van der Waals surface area contributed by atoms with E-state index in [2.05, 4.69) is 4.98 Å². The quantitative estimate of drug-likeness (QED) is 0.606. The molecule has 1 atom stereocenters. The number of rotatable bonds is 5. The van der Waals surface area contributed by atoms with Crippen LogP contribution in [-0.4, -0.2) is 22.3 Å². The molecule has 0 amide bonds. The zero-order valence-electron chi connectivity index (χ0n) is 14.0. The number of ether oxygens (including phenoxy) is 1. The lowest BCUT2D eigenvalue weighted by Crippen LogP contribution is -2.31. The summed E-state index contributed by atoms with van der Waals surface area (Å²) in [5.41, 5.74) is 2.71. The Morgan fingerprint density at radius 3 is 2.96 bits per heavy atom. The van der Waals surface area contributed by atoms with Crippen molar-refractivity contribution in [1.82, 2.24) is 9.55 Å². The molecule has 2 heterocycles. The fraction of sp³-hybridized carbons (Fsp3) is 0.474. The van der Waals surface area contributed by atoms with E-state index in [1.165, 1.54) is 23.4 Å². The van der Waals surface area contributed by atoms with Crippen molar-refractivity contribution in [2.24, 2.45) is 0 Å². The summed E-state index contributed by atoms with van der Waals surface area (Å²) < 4.78 is 21.3. The van der Waals surface area contributed by atoms with Crippen LogP contribution in [0.1, 0.15) is 36.1 Å². The molecule has 2 aliphatic rings. The van der Waals surface area contributed by atoms with Gasteiger partial charge >= 0.3 is 5.69 Å². The minimum atomic E-state index is -0.210. The van der Waals surface area contributed by atoms with Gasteiger partial charge in [-0.15, -0.1) is 11.8 Å². The van der Waals surface area contributed by atoms with E-state index in [0.717, 1.165) is 49.4 Å². The van der Waals surface area contributed by atoms with Gasteiger partial charge in [0.2, 0.25) is 0 Å². The molecule has 0 saturated carbocycles. The maximum atomic E-state index is 13.8. The van der Waals surface area contributed by atoms with Gasteiger partial charge in [0.15, 0.2) is 0 Å². The van der Waals surface area contributed by atoms with Gasteiger partial charge in [0.05, 0.1) is 12.6 Å². The highest BCUT2D eigenvalue weighted by molar-refractivity contribution is 7.98. The average molecular weight is 360 g/mol. The topological polar surface area (TPSA) is 44.1 Å². The molecule has 1 saturated heterocycles. The fourth-order valence-electron chi connectivity index (χ4n) is 3.65. The molecule has 132 valence electrons. The van der Waals surface area contributed by atoms with Crippen LogP contribution in [0.2, 0.25) is 0 Å². The van der Waals surface area contributed by atoms with Gasteiger partial charge in [-0.2, -0.15) is 4.98 Å². The van der Waals surface area contributed by atoms with E-state index in [9.17, 15) is 9.18 Å². The van der Waals surface area contributed by atoms with Crippen molar-refractivity contribution in [3.8, 4) is 0 Å². The second kappa shape index (κ2) is 7.30. The lowest BCUT2D eigenvalue weighted by atomic mass is 10.2. The molecular formula is C19H21FN2O2S. The molecule has 1 aromatic heterocycles. The molecule has 1 fully saturated rings. The number of halogens is 1. The second-order valence-electron chi connectivity index (χ2n) is 6.60. The Labute approximate surface area is 150 Å². The molecule has 0 bridgehead atoms. The van der Waals surface area contributed by atoms with Gasteiger partial charge in [0.1, 0.15) is 10.8 Å². The molecule has 1 unspecified atom stereocenters. The summed E-state index contributed by atoms with van der Waals surface area (Å²) in [6.45, 7) is 1.39. The first kappa shape index (κ1) is 16.8. The lowest BCUT2D eigenvalue weighted by molar-refractivity contribution is 0.0950. The van der Waals surface area contributed by atoms with Crippen LogP contribution in [0.4, 0.5) is 4.39 Å². The molecule has 4 nitrogen and oxygen atoms in total. The van der Waals surface area contributed by atoms with E-state index in [4.69, 9.17) is 4.74 Å². The summed E-state index contributed by atoms with van der Waals surface area (Å²) in [6, 6.07) is 6.76. The van der Waals surface area contributed by atoms with E-state index in [0.29, 0.717) is 17.9 Å². The van der Waals surface area contributed by atoms with Crippen LogP contribution in [0.3, 0.4) is 0 Å². The smallest absolute Gasteiger partial charge is 0.348 e. The van der Waals surface area contributed by atoms with Crippen molar-refractivity contribution < 1.29 is 9.13 Å². The van der Waals surface area contributed by atoms with Crippen molar-refractivity contribution in [2.75, 3.05) is 6.61 Å². The number of nitrogens with zero attached hydrogens (tertiary/aromatic N) is 2. The molecule has 25 heavy (non-hydrogen) atoms. The first-order valence-electron chi connectivity index (χ1n) is 8.83. The van der Waals surface area contributed by atoms with Crippen molar-refractivity contribution in [3.63, 3.8) is 0 Å². The number of fused-ring (bicyclic) bond motifs is 1. The molecule has 4 rings (SSSR count). The summed E-state index contributed by atoms with van der Waals surface area (Å²) in [7, 11) is 0. The van der Waals surface area contributed by atoms with Crippen LogP contribution < -0.4 is 5.69 Å². The van der Waals surface area contributed by atoms with Gasteiger partial charge in [-0.3, -0.25) is 4.57 Å². The van der Waals surface area contributed by atoms with Crippen molar-refractivity contribution in [2.45, 2.75) is 55.5 Å². The first-order valence-corrected chi connectivity index (χ1v) is 9.81. The van der Waals surface area contributed by atoms with Gasteiger partial charge < -0.3 is 4.74 Å². The van der Waals surface area contributed by atoms with Crippen LogP contribution in [0.5, 0.6) is 0 Å². The Bertz CT molecular complexity index is 831. The SMILES string of the molecule is O=c1nc(SCc2ccccc2F)c2c(n1CC1CCCO1)CCC2. The summed E-state index contributed by atoms with van der Waals surface area (Å²) in [5.74, 6) is 0.278. The summed E-state index contributed by atoms with van der Waals surface area (Å²) >= 11 is 1.46. The zero-order valence-corrected chi connectivity index (χ0v) is 14.9. The third-order valence-electron chi connectivity index (χ3n) is 4.93.